The zero-order valence-corrected chi connectivity index (χ0v) is 13.7. The van der Waals surface area contributed by atoms with Gasteiger partial charge in [-0.25, -0.2) is 4.79 Å². The van der Waals surface area contributed by atoms with Crippen LogP contribution < -0.4 is 0 Å². The average Bonchev–Trinajstić information content (AvgIpc) is 2.40. The Morgan fingerprint density at radius 3 is 1.79 bits per heavy atom. The van der Waals surface area contributed by atoms with Gasteiger partial charge in [0, 0.05) is 33.5 Å². The fourth-order valence-corrected chi connectivity index (χ4v) is 3.32. The predicted octanol–water partition coefficient (Wildman–Crippen LogP) is 1.30. The number of hydrogen-bond donors (Lipinski definition) is 1. The molecule has 0 aromatic carbocycles. The van der Waals surface area contributed by atoms with Gasteiger partial charge in [0.25, 0.3) is 0 Å². The number of carbonyl (C=O) groups is 1. The Bertz CT molecular complexity index is 257. The van der Waals surface area contributed by atoms with Crippen molar-refractivity contribution in [3.05, 3.63) is 12.2 Å². The maximum absolute atomic E-state index is 11.4. The molecule has 0 heterocycles. The van der Waals surface area contributed by atoms with E-state index in [2.05, 4.69) is 6.58 Å². The Balaban J connectivity index is 0. The molecule has 114 valence electrons. The first-order chi connectivity index (χ1) is 8.88. The van der Waals surface area contributed by atoms with Crippen LogP contribution in [-0.4, -0.2) is 53.5 Å². The van der Waals surface area contributed by atoms with Gasteiger partial charge >= 0.3 is 14.8 Å². The van der Waals surface area contributed by atoms with Crippen LogP contribution in [0.3, 0.4) is 0 Å². The van der Waals surface area contributed by atoms with Gasteiger partial charge in [0.05, 0.1) is 0 Å². The van der Waals surface area contributed by atoms with E-state index in [4.69, 9.17) is 23.1 Å². The van der Waals surface area contributed by atoms with E-state index in [1.165, 1.54) is 21.3 Å². The van der Waals surface area contributed by atoms with Crippen LogP contribution in [0.25, 0.3) is 0 Å². The van der Waals surface area contributed by atoms with Gasteiger partial charge in [0.1, 0.15) is 0 Å². The molecule has 0 saturated carbocycles. The summed E-state index contributed by atoms with van der Waals surface area (Å²) in [7, 11) is 1.51. The molecule has 0 fully saturated rings. The minimum Gasteiger partial charge on any atom is -0.454 e. The van der Waals surface area contributed by atoms with E-state index in [1.54, 1.807) is 13.8 Å². The Labute approximate surface area is 116 Å². The molecule has 1 N–H and O–H groups in total. The normalized spacial score (nSPS) is 12.2. The molecule has 1 atom stereocenters. The highest BCUT2D eigenvalue weighted by Gasteiger charge is 2.49. The van der Waals surface area contributed by atoms with Crippen molar-refractivity contribution in [1.82, 2.24) is 0 Å². The largest absolute Gasteiger partial charge is 0.543 e. The van der Waals surface area contributed by atoms with Gasteiger partial charge in [0.15, 0.2) is 5.73 Å². The molecule has 0 aliphatic rings. The fourth-order valence-electron chi connectivity index (χ4n) is 1.28. The smallest absolute Gasteiger partial charge is 0.454 e. The molecular weight excluding hydrogens is 268 g/mol. The van der Waals surface area contributed by atoms with Gasteiger partial charge < -0.3 is 23.1 Å². The lowest BCUT2D eigenvalue weighted by atomic mass is 10.4. The zero-order valence-electron chi connectivity index (χ0n) is 12.7. The summed E-state index contributed by atoms with van der Waals surface area (Å²) in [4.78, 5) is 11.4. The van der Waals surface area contributed by atoms with Gasteiger partial charge in [-0.05, 0) is 20.3 Å². The van der Waals surface area contributed by atoms with Crippen molar-refractivity contribution in [1.29, 1.82) is 0 Å². The second-order valence-electron chi connectivity index (χ2n) is 3.61. The van der Waals surface area contributed by atoms with E-state index in [9.17, 15) is 4.79 Å². The third-order valence-corrected chi connectivity index (χ3v) is 5.24. The first-order valence-corrected chi connectivity index (χ1v) is 7.81. The first-order valence-electron chi connectivity index (χ1n) is 6.01. The van der Waals surface area contributed by atoms with Crippen LogP contribution in [-0.2, 0) is 22.8 Å². The summed E-state index contributed by atoms with van der Waals surface area (Å²) in [6.07, 6.45) is 0.556. The summed E-state index contributed by atoms with van der Waals surface area (Å²) < 4.78 is 21.0. The number of hydrogen-bond acceptors (Lipinski definition) is 6. The lowest BCUT2D eigenvalue weighted by molar-refractivity contribution is -0.143. The van der Waals surface area contributed by atoms with E-state index < -0.39 is 20.5 Å². The van der Waals surface area contributed by atoms with Crippen molar-refractivity contribution in [2.45, 2.75) is 32.9 Å². The van der Waals surface area contributed by atoms with E-state index in [1.807, 2.05) is 6.92 Å². The van der Waals surface area contributed by atoms with Crippen molar-refractivity contribution >= 4 is 14.8 Å². The fraction of sp³-hybridized carbons (Fsp3) is 0.750. The summed E-state index contributed by atoms with van der Waals surface area (Å²) in [5.74, 6) is -0.463. The second-order valence-corrected chi connectivity index (χ2v) is 6.69. The molecule has 0 aliphatic heterocycles. The van der Waals surface area contributed by atoms with E-state index >= 15 is 0 Å². The van der Waals surface area contributed by atoms with Crippen LogP contribution >= 0.6 is 0 Å². The van der Waals surface area contributed by atoms with Crippen molar-refractivity contribution in [2.24, 2.45) is 0 Å². The molecule has 0 spiro atoms. The van der Waals surface area contributed by atoms with Crippen LogP contribution in [0.2, 0.25) is 0 Å². The van der Waals surface area contributed by atoms with Gasteiger partial charge in [-0.3, -0.25) is 0 Å². The Morgan fingerprint density at radius 2 is 1.58 bits per heavy atom. The van der Waals surface area contributed by atoms with E-state index in [0.29, 0.717) is 12.0 Å². The van der Waals surface area contributed by atoms with Crippen molar-refractivity contribution in [3.8, 4) is 0 Å². The number of carbonyl (C=O) groups excluding carboxylic acids is 1. The highest BCUT2D eigenvalue weighted by molar-refractivity contribution is 6.62. The topological polar surface area (TPSA) is 74.2 Å². The molecule has 0 radical (unpaired) electrons. The number of ether oxygens (including phenoxy) is 1. The molecule has 7 heteroatoms. The highest BCUT2D eigenvalue weighted by atomic mass is 28.4. The van der Waals surface area contributed by atoms with Crippen molar-refractivity contribution in [2.75, 3.05) is 27.9 Å². The van der Waals surface area contributed by atoms with Gasteiger partial charge in [-0.15, -0.1) is 0 Å². The molecule has 0 aromatic rings. The SMILES string of the molecule is C=C(C)C(=O)OC(CC)[Si](OC)(OC)OC.CCO. The molecule has 0 bridgehead atoms. The molecule has 0 aromatic heterocycles. The third-order valence-electron chi connectivity index (χ3n) is 2.22. The van der Waals surface area contributed by atoms with Crippen LogP contribution in [0, 0.1) is 0 Å². The van der Waals surface area contributed by atoms with E-state index in [0.717, 1.165) is 0 Å². The quantitative estimate of drug-likeness (QED) is 0.433. The van der Waals surface area contributed by atoms with Crippen LogP contribution in [0.5, 0.6) is 0 Å². The summed E-state index contributed by atoms with van der Waals surface area (Å²) in [6, 6.07) is 0. The molecule has 6 nitrogen and oxygen atoms in total. The van der Waals surface area contributed by atoms with E-state index in [-0.39, 0.29) is 6.61 Å². The zero-order chi connectivity index (χ0) is 15.5. The minimum absolute atomic E-state index is 0.250. The Morgan fingerprint density at radius 1 is 1.21 bits per heavy atom. The van der Waals surface area contributed by atoms with Gasteiger partial charge in [0.2, 0.25) is 0 Å². The lowest BCUT2D eigenvalue weighted by Gasteiger charge is -2.31. The van der Waals surface area contributed by atoms with Crippen LogP contribution in [0.4, 0.5) is 0 Å². The minimum atomic E-state index is -2.94. The summed E-state index contributed by atoms with van der Waals surface area (Å²) >= 11 is 0. The number of rotatable bonds is 7. The molecule has 0 aliphatic carbocycles. The molecule has 0 amide bonds. The van der Waals surface area contributed by atoms with Crippen LogP contribution in [0.15, 0.2) is 12.2 Å². The van der Waals surface area contributed by atoms with Gasteiger partial charge in [-0.2, -0.15) is 0 Å². The van der Waals surface area contributed by atoms with Crippen molar-refractivity contribution < 1.29 is 27.9 Å². The Kier molecular flexibility index (Phi) is 12.0. The molecule has 19 heavy (non-hydrogen) atoms. The second kappa shape index (κ2) is 11.1. The monoisotopic (exact) mass is 294 g/mol. The summed E-state index contributed by atoms with van der Waals surface area (Å²) in [5.41, 5.74) is -0.179. The first kappa shape index (κ1) is 20.6. The Hall–Kier alpha value is -0.733. The number of aliphatic hydroxyl groups excluding tert-OH is 1. The summed E-state index contributed by atoms with van der Waals surface area (Å²) in [5, 5.41) is 7.57. The predicted molar refractivity (Wildman–Crippen MR) is 74.5 cm³/mol. The maximum Gasteiger partial charge on any atom is 0.543 e. The number of esters is 1. The van der Waals surface area contributed by atoms with Gasteiger partial charge in [-0.1, -0.05) is 13.5 Å². The lowest BCUT2D eigenvalue weighted by Crippen LogP contribution is -2.56. The average molecular weight is 294 g/mol. The number of aliphatic hydroxyl groups is 1. The molecule has 0 rings (SSSR count). The third kappa shape index (κ3) is 6.83. The van der Waals surface area contributed by atoms with Crippen molar-refractivity contribution in [3.63, 3.8) is 0 Å². The van der Waals surface area contributed by atoms with Crippen LogP contribution in [0.1, 0.15) is 27.2 Å². The molecule has 0 saturated heterocycles. The standard InChI is InChI=1S/C10H20O5Si.C2H6O/c1-7-9(15-10(11)8(2)3)16(12-4,13-5)14-6;1-2-3/h9H,2,7H2,1,3-6H3;3H,2H2,1H3. The highest BCUT2D eigenvalue weighted by Crippen LogP contribution is 2.19. The summed E-state index contributed by atoms with van der Waals surface area (Å²) in [6.45, 7) is 8.91. The maximum atomic E-state index is 11.4. The molecule has 1 unspecified atom stereocenters. The molecular formula is C12H26O6Si.